The van der Waals surface area contributed by atoms with E-state index >= 15 is 0 Å². The average Bonchev–Trinajstić information content (AvgIpc) is 2.70. The van der Waals surface area contributed by atoms with Crippen molar-refractivity contribution in [2.24, 2.45) is 0 Å². The van der Waals surface area contributed by atoms with Crippen LogP contribution < -0.4 is 14.8 Å². The normalized spacial score (nSPS) is 12.8. The minimum Gasteiger partial charge on any atom is -0.486 e. The van der Waals surface area contributed by atoms with E-state index in [0.29, 0.717) is 32.6 Å². The van der Waals surface area contributed by atoms with Gasteiger partial charge in [-0.05, 0) is 40.5 Å². The summed E-state index contributed by atoms with van der Waals surface area (Å²) >= 11 is 0. The summed E-state index contributed by atoms with van der Waals surface area (Å²) in [5.41, 5.74) is 2.21. The van der Waals surface area contributed by atoms with Crippen molar-refractivity contribution in [3.8, 4) is 11.5 Å². The van der Waals surface area contributed by atoms with Crippen LogP contribution in [0.15, 0.2) is 60.7 Å². The van der Waals surface area contributed by atoms with Gasteiger partial charge in [0.2, 0.25) is 5.91 Å². The van der Waals surface area contributed by atoms with E-state index in [0.717, 1.165) is 22.6 Å². The summed E-state index contributed by atoms with van der Waals surface area (Å²) in [5, 5.41) is 5.40. The Morgan fingerprint density at radius 3 is 2.65 bits per heavy atom. The smallest absolute Gasteiger partial charge is 0.220 e. The largest absolute Gasteiger partial charge is 0.486 e. The van der Waals surface area contributed by atoms with E-state index in [-0.39, 0.29) is 5.91 Å². The fourth-order valence-electron chi connectivity index (χ4n) is 3.23. The molecule has 0 fully saturated rings. The SMILES string of the molecule is O=C(CCc1ccc2c(c1)OCCO2)NCc1cccc2ccccc12. The number of hydrogen-bond acceptors (Lipinski definition) is 3. The lowest BCUT2D eigenvalue weighted by Crippen LogP contribution is -2.23. The Bertz CT molecular complexity index is 930. The van der Waals surface area contributed by atoms with Gasteiger partial charge in [-0.1, -0.05) is 48.5 Å². The van der Waals surface area contributed by atoms with Gasteiger partial charge in [0.15, 0.2) is 11.5 Å². The van der Waals surface area contributed by atoms with Crippen molar-refractivity contribution in [1.29, 1.82) is 0 Å². The first-order valence-electron chi connectivity index (χ1n) is 8.91. The van der Waals surface area contributed by atoms with Gasteiger partial charge >= 0.3 is 0 Å². The number of aryl methyl sites for hydroxylation is 1. The van der Waals surface area contributed by atoms with Crippen molar-refractivity contribution >= 4 is 16.7 Å². The lowest BCUT2D eigenvalue weighted by atomic mass is 10.0. The maximum Gasteiger partial charge on any atom is 0.220 e. The highest BCUT2D eigenvalue weighted by Crippen LogP contribution is 2.31. The first-order valence-corrected chi connectivity index (χ1v) is 8.91. The Hall–Kier alpha value is -3.01. The molecule has 0 spiro atoms. The monoisotopic (exact) mass is 347 g/mol. The number of carbonyl (C=O) groups excluding carboxylic acids is 1. The zero-order valence-electron chi connectivity index (χ0n) is 14.5. The molecule has 0 saturated heterocycles. The van der Waals surface area contributed by atoms with Gasteiger partial charge in [-0.2, -0.15) is 0 Å². The van der Waals surface area contributed by atoms with Crippen LogP contribution in [0, 0.1) is 0 Å². The van der Waals surface area contributed by atoms with E-state index in [1.165, 1.54) is 10.8 Å². The Kier molecular flexibility index (Phi) is 4.73. The van der Waals surface area contributed by atoms with Crippen molar-refractivity contribution in [3.05, 3.63) is 71.8 Å². The standard InChI is InChI=1S/C22H21NO3/c24-22(11-9-16-8-10-20-21(14-16)26-13-12-25-20)23-15-18-6-3-5-17-4-1-2-7-19(17)18/h1-8,10,14H,9,11-13,15H2,(H,23,24). The topological polar surface area (TPSA) is 47.6 Å². The number of benzene rings is 3. The van der Waals surface area contributed by atoms with Crippen LogP contribution in [0.3, 0.4) is 0 Å². The predicted octanol–water partition coefficient (Wildman–Crippen LogP) is 3.86. The number of ether oxygens (including phenoxy) is 2. The third-order valence-corrected chi connectivity index (χ3v) is 4.60. The maximum atomic E-state index is 12.2. The van der Waals surface area contributed by atoms with Crippen molar-refractivity contribution in [2.45, 2.75) is 19.4 Å². The van der Waals surface area contributed by atoms with Crippen molar-refractivity contribution in [3.63, 3.8) is 0 Å². The molecule has 1 amide bonds. The molecule has 0 aliphatic carbocycles. The molecule has 4 rings (SSSR count). The molecule has 0 saturated carbocycles. The zero-order valence-corrected chi connectivity index (χ0v) is 14.5. The summed E-state index contributed by atoms with van der Waals surface area (Å²) < 4.78 is 11.1. The summed E-state index contributed by atoms with van der Waals surface area (Å²) in [6.45, 7) is 1.70. The molecule has 1 aliphatic heterocycles. The van der Waals surface area contributed by atoms with Gasteiger partial charge in [-0.15, -0.1) is 0 Å². The average molecular weight is 347 g/mol. The molecule has 4 nitrogen and oxygen atoms in total. The van der Waals surface area contributed by atoms with Gasteiger partial charge in [0.05, 0.1) is 0 Å². The fourth-order valence-corrected chi connectivity index (χ4v) is 3.23. The lowest BCUT2D eigenvalue weighted by molar-refractivity contribution is -0.121. The molecule has 26 heavy (non-hydrogen) atoms. The minimum atomic E-state index is 0.0489. The van der Waals surface area contributed by atoms with E-state index in [1.807, 2.05) is 36.4 Å². The second kappa shape index (κ2) is 7.48. The van der Waals surface area contributed by atoms with E-state index in [1.54, 1.807) is 0 Å². The molecule has 1 aliphatic rings. The van der Waals surface area contributed by atoms with Gasteiger partial charge in [-0.3, -0.25) is 4.79 Å². The Labute approximate surface area is 152 Å². The summed E-state index contributed by atoms with van der Waals surface area (Å²) in [5.74, 6) is 1.60. The molecular weight excluding hydrogens is 326 g/mol. The van der Waals surface area contributed by atoms with Gasteiger partial charge < -0.3 is 14.8 Å². The van der Waals surface area contributed by atoms with Gasteiger partial charge in [0.1, 0.15) is 13.2 Å². The van der Waals surface area contributed by atoms with E-state index < -0.39 is 0 Å². The first-order chi connectivity index (χ1) is 12.8. The van der Waals surface area contributed by atoms with Crippen LogP contribution >= 0.6 is 0 Å². The Morgan fingerprint density at radius 2 is 1.73 bits per heavy atom. The number of fused-ring (bicyclic) bond motifs is 2. The zero-order chi connectivity index (χ0) is 17.8. The van der Waals surface area contributed by atoms with Crippen LogP contribution in [-0.2, 0) is 17.8 Å². The number of hydrogen-bond donors (Lipinski definition) is 1. The van der Waals surface area contributed by atoms with Crippen LogP contribution in [0.2, 0.25) is 0 Å². The Morgan fingerprint density at radius 1 is 0.923 bits per heavy atom. The molecule has 0 bridgehead atoms. The highest BCUT2D eigenvalue weighted by atomic mass is 16.6. The fraction of sp³-hybridized carbons (Fsp3) is 0.227. The van der Waals surface area contributed by atoms with Crippen LogP contribution in [0.5, 0.6) is 11.5 Å². The van der Waals surface area contributed by atoms with Crippen LogP contribution in [-0.4, -0.2) is 19.1 Å². The molecule has 1 N–H and O–H groups in total. The number of rotatable bonds is 5. The van der Waals surface area contributed by atoms with E-state index in [9.17, 15) is 4.79 Å². The summed E-state index contributed by atoms with van der Waals surface area (Å²) in [7, 11) is 0. The summed E-state index contributed by atoms with van der Waals surface area (Å²) in [6.07, 6.45) is 1.13. The number of carbonyl (C=O) groups is 1. The van der Waals surface area contributed by atoms with Gasteiger partial charge in [0.25, 0.3) is 0 Å². The molecule has 0 unspecified atom stereocenters. The molecule has 132 valence electrons. The Balaban J connectivity index is 1.34. The predicted molar refractivity (Wildman–Crippen MR) is 102 cm³/mol. The maximum absolute atomic E-state index is 12.2. The number of nitrogens with one attached hydrogen (secondary N) is 1. The molecular formula is C22H21NO3. The van der Waals surface area contributed by atoms with Gasteiger partial charge in [-0.25, -0.2) is 0 Å². The highest BCUT2D eigenvalue weighted by molar-refractivity contribution is 5.86. The molecule has 0 radical (unpaired) electrons. The molecule has 0 atom stereocenters. The minimum absolute atomic E-state index is 0.0489. The molecule has 3 aromatic carbocycles. The van der Waals surface area contributed by atoms with Crippen molar-refractivity contribution in [2.75, 3.05) is 13.2 Å². The summed E-state index contributed by atoms with van der Waals surface area (Å²) in [6, 6.07) is 20.3. The van der Waals surface area contributed by atoms with Gasteiger partial charge in [0, 0.05) is 13.0 Å². The highest BCUT2D eigenvalue weighted by Gasteiger charge is 2.12. The molecule has 0 aromatic heterocycles. The molecule has 3 aromatic rings. The van der Waals surface area contributed by atoms with Crippen molar-refractivity contribution < 1.29 is 14.3 Å². The quantitative estimate of drug-likeness (QED) is 0.762. The molecule has 1 heterocycles. The first kappa shape index (κ1) is 16.5. The second-order valence-corrected chi connectivity index (χ2v) is 6.39. The van der Waals surface area contributed by atoms with E-state index in [4.69, 9.17) is 9.47 Å². The van der Waals surface area contributed by atoms with Crippen LogP contribution in [0.25, 0.3) is 10.8 Å². The summed E-state index contributed by atoms with van der Waals surface area (Å²) in [4.78, 5) is 12.2. The van der Waals surface area contributed by atoms with E-state index in [2.05, 4.69) is 29.6 Å². The van der Waals surface area contributed by atoms with Crippen molar-refractivity contribution in [1.82, 2.24) is 5.32 Å². The third-order valence-electron chi connectivity index (χ3n) is 4.60. The lowest BCUT2D eigenvalue weighted by Gasteiger charge is -2.18. The number of amides is 1. The third kappa shape index (κ3) is 3.64. The van der Waals surface area contributed by atoms with Crippen LogP contribution in [0.1, 0.15) is 17.5 Å². The van der Waals surface area contributed by atoms with Crippen LogP contribution in [0.4, 0.5) is 0 Å². The second-order valence-electron chi connectivity index (χ2n) is 6.39. The molecule has 4 heteroatoms.